The molecular weight excluding hydrogens is 471 g/mol. The second-order valence-corrected chi connectivity index (χ2v) is 9.63. The highest BCUT2D eigenvalue weighted by Gasteiger charge is 2.24. The zero-order valence-corrected chi connectivity index (χ0v) is 19.3. The van der Waals surface area contributed by atoms with Gasteiger partial charge in [0, 0.05) is 11.8 Å². The quantitative estimate of drug-likeness (QED) is 0.385. The first-order valence-electron chi connectivity index (χ1n) is 9.90. The van der Waals surface area contributed by atoms with Gasteiger partial charge in [0.1, 0.15) is 17.5 Å². The molecule has 3 N–H and O–H groups in total. The van der Waals surface area contributed by atoms with Crippen molar-refractivity contribution in [3.63, 3.8) is 0 Å². The predicted molar refractivity (Wildman–Crippen MR) is 123 cm³/mol. The predicted octanol–water partition coefficient (Wildman–Crippen LogP) is 3.36. The summed E-state index contributed by atoms with van der Waals surface area (Å²) in [5.41, 5.74) is 3.84. The third kappa shape index (κ3) is 5.11. The van der Waals surface area contributed by atoms with Crippen LogP contribution in [0.2, 0.25) is 0 Å². The van der Waals surface area contributed by atoms with Crippen molar-refractivity contribution in [2.75, 3.05) is 6.26 Å². The largest absolute Gasteiger partial charge is 0.387 e. The summed E-state index contributed by atoms with van der Waals surface area (Å²) in [6.07, 6.45) is -2.08. The number of rotatable bonds is 7. The number of aliphatic imine (C=N–C) groups is 1. The monoisotopic (exact) mass is 493 g/mol. The lowest BCUT2D eigenvalue weighted by molar-refractivity contribution is 0.151. The third-order valence-corrected chi connectivity index (χ3v) is 5.92. The van der Waals surface area contributed by atoms with Crippen LogP contribution in [0.15, 0.2) is 63.5 Å². The van der Waals surface area contributed by atoms with Crippen LogP contribution in [0.25, 0.3) is 16.6 Å². The zero-order chi connectivity index (χ0) is 25.4. The first-order valence-corrected chi connectivity index (χ1v) is 11.8. The molecule has 0 aliphatic rings. The smallest absolute Gasteiger partial charge is 0.267 e. The maximum Gasteiger partial charge on any atom is 0.267 e. The van der Waals surface area contributed by atoms with Crippen LogP contribution >= 0.6 is 0 Å². The molecule has 12 heteroatoms. The van der Waals surface area contributed by atoms with Crippen LogP contribution in [-0.4, -0.2) is 30.1 Å². The number of aromatic nitrogens is 2. The summed E-state index contributed by atoms with van der Waals surface area (Å²) in [6.45, 7) is 6.84. The number of nitrogens with two attached hydrogens (primary N) is 1. The molecule has 1 heterocycles. The van der Waals surface area contributed by atoms with Crippen LogP contribution in [0.3, 0.4) is 0 Å². The Labute approximate surface area is 193 Å². The standard InChI is InChI=1S/C22H22F3N5O3S/c1-11(27-13(3)28-12(2)26)21-29-17-6-5-7-18(34(4,32)33)19(17)22(31)30(21)16-9-14(20(24)25)8-15(23)10-16/h5-11,20,27H,3H2,1-2,4H3,(H2,26,28). The van der Waals surface area contributed by atoms with Crippen LogP contribution in [0.4, 0.5) is 13.2 Å². The number of amidine groups is 1. The average Bonchev–Trinajstić information content (AvgIpc) is 2.71. The molecule has 8 nitrogen and oxygen atoms in total. The second kappa shape index (κ2) is 9.29. The van der Waals surface area contributed by atoms with Gasteiger partial charge in [-0.25, -0.2) is 31.6 Å². The first-order chi connectivity index (χ1) is 15.8. The summed E-state index contributed by atoms with van der Waals surface area (Å²) >= 11 is 0. The fourth-order valence-electron chi connectivity index (χ4n) is 3.48. The topological polar surface area (TPSA) is 119 Å². The van der Waals surface area contributed by atoms with Gasteiger partial charge in [-0.15, -0.1) is 0 Å². The van der Waals surface area contributed by atoms with Crippen molar-refractivity contribution >= 4 is 26.6 Å². The van der Waals surface area contributed by atoms with Crippen molar-refractivity contribution in [3.8, 4) is 5.69 Å². The molecule has 0 radical (unpaired) electrons. The molecule has 0 saturated carbocycles. The van der Waals surface area contributed by atoms with E-state index in [0.717, 1.165) is 23.0 Å². The molecule has 34 heavy (non-hydrogen) atoms. The fraction of sp³-hybridized carbons (Fsp3) is 0.227. The third-order valence-electron chi connectivity index (χ3n) is 4.78. The minimum atomic E-state index is -3.86. The summed E-state index contributed by atoms with van der Waals surface area (Å²) in [6, 6.07) is 5.79. The maximum absolute atomic E-state index is 14.2. The van der Waals surface area contributed by atoms with Crippen LogP contribution in [0, 0.1) is 5.82 Å². The summed E-state index contributed by atoms with van der Waals surface area (Å²) in [5.74, 6) is -0.681. The highest BCUT2D eigenvalue weighted by Crippen LogP contribution is 2.26. The zero-order valence-electron chi connectivity index (χ0n) is 18.5. The van der Waals surface area contributed by atoms with E-state index in [2.05, 4.69) is 21.9 Å². The van der Waals surface area contributed by atoms with E-state index < -0.39 is 39.2 Å². The van der Waals surface area contributed by atoms with Crippen molar-refractivity contribution in [2.24, 2.45) is 10.7 Å². The van der Waals surface area contributed by atoms with Gasteiger partial charge in [0.05, 0.1) is 33.4 Å². The Morgan fingerprint density at radius 1 is 1.26 bits per heavy atom. The molecular formula is C22H22F3N5O3S. The lowest BCUT2D eigenvalue weighted by atomic mass is 10.1. The average molecular weight is 494 g/mol. The Morgan fingerprint density at radius 2 is 1.94 bits per heavy atom. The van der Waals surface area contributed by atoms with Gasteiger partial charge in [-0.3, -0.25) is 9.36 Å². The van der Waals surface area contributed by atoms with Gasteiger partial charge < -0.3 is 11.1 Å². The van der Waals surface area contributed by atoms with Gasteiger partial charge in [-0.05, 0) is 44.2 Å². The molecule has 0 aliphatic carbocycles. The number of fused-ring (bicyclic) bond motifs is 1. The number of benzene rings is 2. The molecule has 2 aromatic carbocycles. The van der Waals surface area contributed by atoms with Gasteiger partial charge in [0.25, 0.3) is 12.0 Å². The van der Waals surface area contributed by atoms with Gasteiger partial charge in [-0.1, -0.05) is 12.6 Å². The summed E-state index contributed by atoms with van der Waals surface area (Å²) in [7, 11) is -3.86. The SMILES string of the molecule is C=C(/N=C(\C)N)NC(C)c1nc2cccc(S(C)(=O)=O)c2c(=O)n1-c1cc(F)cc(C(F)F)c1. The molecule has 0 bridgehead atoms. The molecule has 180 valence electrons. The Balaban J connectivity index is 2.41. The number of halogens is 3. The number of hydrogen-bond acceptors (Lipinski definition) is 6. The highest BCUT2D eigenvalue weighted by molar-refractivity contribution is 7.91. The molecule has 1 unspecified atom stereocenters. The normalized spacial score (nSPS) is 13.3. The Bertz CT molecular complexity index is 1480. The van der Waals surface area contributed by atoms with E-state index >= 15 is 0 Å². The number of nitrogens with zero attached hydrogens (tertiary/aromatic N) is 3. The van der Waals surface area contributed by atoms with Crippen molar-refractivity contribution < 1.29 is 21.6 Å². The van der Waals surface area contributed by atoms with Crippen molar-refractivity contribution in [3.05, 3.63) is 76.4 Å². The molecule has 1 atom stereocenters. The van der Waals surface area contributed by atoms with Gasteiger partial charge >= 0.3 is 0 Å². The summed E-state index contributed by atoms with van der Waals surface area (Å²) in [5, 5.41) is 2.63. The number of sulfone groups is 1. The maximum atomic E-state index is 14.2. The lowest BCUT2D eigenvalue weighted by Gasteiger charge is -2.21. The van der Waals surface area contributed by atoms with E-state index in [9.17, 15) is 26.4 Å². The number of nitrogens with one attached hydrogen (secondary N) is 1. The molecule has 0 aliphatic heterocycles. The van der Waals surface area contributed by atoms with Crippen molar-refractivity contribution in [1.82, 2.24) is 14.9 Å². The molecule has 3 rings (SSSR count). The van der Waals surface area contributed by atoms with E-state index in [1.807, 2.05) is 0 Å². The lowest BCUT2D eigenvalue weighted by Crippen LogP contribution is -2.30. The van der Waals surface area contributed by atoms with Crippen molar-refractivity contribution in [2.45, 2.75) is 31.2 Å². The van der Waals surface area contributed by atoms with E-state index in [0.29, 0.717) is 6.07 Å². The summed E-state index contributed by atoms with van der Waals surface area (Å²) < 4.78 is 66.5. The fourth-order valence-corrected chi connectivity index (χ4v) is 4.37. The van der Waals surface area contributed by atoms with Crippen LogP contribution in [0.5, 0.6) is 0 Å². The van der Waals surface area contributed by atoms with E-state index in [1.165, 1.54) is 25.1 Å². The molecule has 1 aromatic heterocycles. The van der Waals surface area contributed by atoms with Crippen LogP contribution in [0.1, 0.15) is 37.7 Å². The highest BCUT2D eigenvalue weighted by atomic mass is 32.2. The minimum absolute atomic E-state index is 0.0139. The van der Waals surface area contributed by atoms with Gasteiger partial charge in [-0.2, -0.15) is 0 Å². The van der Waals surface area contributed by atoms with Gasteiger partial charge in [0.15, 0.2) is 9.84 Å². The molecule has 0 saturated heterocycles. The first kappa shape index (κ1) is 25.0. The minimum Gasteiger partial charge on any atom is -0.387 e. The Morgan fingerprint density at radius 3 is 2.53 bits per heavy atom. The Kier molecular flexibility index (Phi) is 6.82. The molecule has 3 aromatic rings. The number of alkyl halides is 2. The molecule has 0 spiro atoms. The Hall–Kier alpha value is -3.67. The van der Waals surface area contributed by atoms with E-state index in [1.54, 1.807) is 6.92 Å². The van der Waals surface area contributed by atoms with Gasteiger partial charge in [0.2, 0.25) is 0 Å². The van der Waals surface area contributed by atoms with Crippen LogP contribution < -0.4 is 16.6 Å². The molecule has 0 amide bonds. The molecule has 0 fully saturated rings. The number of hydrogen-bond donors (Lipinski definition) is 2. The van der Waals surface area contributed by atoms with E-state index in [4.69, 9.17) is 5.73 Å². The van der Waals surface area contributed by atoms with Crippen LogP contribution in [-0.2, 0) is 9.84 Å². The van der Waals surface area contributed by atoms with Crippen molar-refractivity contribution in [1.29, 1.82) is 0 Å². The second-order valence-electron chi connectivity index (χ2n) is 7.64. The van der Waals surface area contributed by atoms with E-state index in [-0.39, 0.29) is 39.0 Å². The summed E-state index contributed by atoms with van der Waals surface area (Å²) in [4.78, 5) is 21.7.